The maximum atomic E-state index is 13.3. The summed E-state index contributed by atoms with van der Waals surface area (Å²) < 4.78 is 53.5. The summed E-state index contributed by atoms with van der Waals surface area (Å²) in [7, 11) is -1.77. The molecule has 35 heavy (non-hydrogen) atoms. The van der Waals surface area contributed by atoms with Crippen LogP contribution in [0.5, 0.6) is 5.75 Å². The summed E-state index contributed by atoms with van der Waals surface area (Å²) in [6.07, 6.45) is 1.37. The van der Waals surface area contributed by atoms with Crippen LogP contribution in [-0.4, -0.2) is 25.1 Å². The van der Waals surface area contributed by atoms with Gasteiger partial charge in [-0.2, -0.15) is 13.2 Å². The largest absolute Gasteiger partial charge is 0.483 e. The smallest absolute Gasteiger partial charge is 0.416 e. The van der Waals surface area contributed by atoms with E-state index in [0.29, 0.717) is 18.1 Å². The molecule has 1 aliphatic heterocycles. The first kappa shape index (κ1) is 27.3. The molecular weight excluding hydrogens is 471 g/mol. The Balaban J connectivity index is 1.76. The maximum absolute atomic E-state index is 13.3. The van der Waals surface area contributed by atoms with E-state index in [1.807, 2.05) is 6.07 Å². The van der Waals surface area contributed by atoms with Crippen molar-refractivity contribution in [1.82, 2.24) is 4.57 Å². The third-order valence-electron chi connectivity index (χ3n) is 6.81. The topological polar surface area (TPSA) is 40.5 Å². The molecule has 0 saturated carbocycles. The van der Waals surface area contributed by atoms with E-state index in [-0.39, 0.29) is 16.2 Å². The highest BCUT2D eigenvalue weighted by Gasteiger charge is 2.37. The summed E-state index contributed by atoms with van der Waals surface area (Å²) >= 11 is 0. The van der Waals surface area contributed by atoms with Gasteiger partial charge in [-0.15, -0.1) is 0 Å². The lowest BCUT2D eigenvalue weighted by Gasteiger charge is -2.36. The van der Waals surface area contributed by atoms with Crippen LogP contribution < -0.4 is 10.3 Å². The summed E-state index contributed by atoms with van der Waals surface area (Å²) in [5.41, 5.74) is -0.305. The van der Waals surface area contributed by atoms with E-state index in [2.05, 4.69) is 33.9 Å². The average Bonchev–Trinajstić information content (AvgIpc) is 2.70. The molecule has 2 heterocycles. The fourth-order valence-electron chi connectivity index (χ4n) is 3.76. The van der Waals surface area contributed by atoms with E-state index in [9.17, 15) is 18.0 Å². The van der Waals surface area contributed by atoms with Crippen LogP contribution >= 0.6 is 0 Å². The van der Waals surface area contributed by atoms with Crippen molar-refractivity contribution in [2.45, 2.75) is 83.8 Å². The summed E-state index contributed by atoms with van der Waals surface area (Å²) in [5, 5.41) is 0.171. The number of hydrogen-bond acceptors (Lipinski definition) is 3. The molecule has 0 aliphatic carbocycles. The quantitative estimate of drug-likeness (QED) is 0.292. The summed E-state index contributed by atoms with van der Waals surface area (Å²) in [6.45, 7) is 15.4. The maximum Gasteiger partial charge on any atom is 0.416 e. The summed E-state index contributed by atoms with van der Waals surface area (Å²) in [5.74, 6) is 0.318. The zero-order chi connectivity index (χ0) is 26.2. The van der Waals surface area contributed by atoms with Crippen LogP contribution in [0.2, 0.25) is 18.1 Å². The number of benzene rings is 1. The minimum Gasteiger partial charge on any atom is -0.483 e. The molecular formula is C27H36F3NO3Si. The van der Waals surface area contributed by atoms with Gasteiger partial charge in [0.2, 0.25) is 0 Å². The lowest BCUT2D eigenvalue weighted by atomic mass is 9.97. The van der Waals surface area contributed by atoms with Gasteiger partial charge in [-0.1, -0.05) is 20.8 Å². The van der Waals surface area contributed by atoms with Gasteiger partial charge in [0, 0.05) is 24.4 Å². The van der Waals surface area contributed by atoms with Crippen LogP contribution in [-0.2, 0) is 17.0 Å². The van der Waals surface area contributed by atoms with Crippen LogP contribution in [0.3, 0.4) is 0 Å². The van der Waals surface area contributed by atoms with Crippen molar-refractivity contribution in [3.05, 3.63) is 69.6 Å². The number of ether oxygens (including phenoxy) is 1. The number of pyridine rings is 1. The average molecular weight is 508 g/mol. The number of nitrogens with zero attached hydrogens (tertiary/aromatic N) is 1. The van der Waals surface area contributed by atoms with Crippen LogP contribution in [0.25, 0.3) is 5.70 Å². The standard InChI is InChI=1S/C27H36F3NO3Si/c1-25(2,3)35(6,7)33-15-9-8-10-19-13-14-31(24(32)16-19)22-18-26(4,5)34-23-12-11-20(17-21(22)23)27(28,29)30/h11-14,16-18H,8-10,15H2,1-7H3. The van der Waals surface area contributed by atoms with Gasteiger partial charge < -0.3 is 9.16 Å². The molecule has 0 unspecified atom stereocenters. The highest BCUT2D eigenvalue weighted by Crippen LogP contribution is 2.40. The molecule has 192 valence electrons. The van der Waals surface area contributed by atoms with Crippen LogP contribution in [0.15, 0.2) is 47.4 Å². The number of aromatic nitrogens is 1. The molecule has 8 heteroatoms. The predicted molar refractivity (Wildman–Crippen MR) is 136 cm³/mol. The second-order valence-electron chi connectivity index (χ2n) is 11.3. The van der Waals surface area contributed by atoms with Crippen LogP contribution in [0.4, 0.5) is 13.2 Å². The van der Waals surface area contributed by atoms with Crippen molar-refractivity contribution < 1.29 is 22.3 Å². The Morgan fingerprint density at radius 3 is 2.34 bits per heavy atom. The molecule has 2 aromatic rings. The number of halogens is 3. The monoisotopic (exact) mass is 507 g/mol. The zero-order valence-corrected chi connectivity index (χ0v) is 22.7. The first-order valence-corrected chi connectivity index (χ1v) is 14.9. The van der Waals surface area contributed by atoms with E-state index in [1.54, 1.807) is 32.2 Å². The third-order valence-corrected chi connectivity index (χ3v) is 11.4. The highest BCUT2D eigenvalue weighted by atomic mass is 28.4. The SMILES string of the molecule is CC1(C)C=C(n2ccc(CCCCO[Si](C)(C)C(C)(C)C)cc2=O)c2cc(C(F)(F)F)ccc2O1. The van der Waals surface area contributed by atoms with E-state index < -0.39 is 25.7 Å². The minimum atomic E-state index is -4.49. The molecule has 1 aromatic heterocycles. The van der Waals surface area contributed by atoms with E-state index >= 15 is 0 Å². The van der Waals surface area contributed by atoms with Gasteiger partial charge in [0.05, 0.1) is 11.3 Å². The van der Waals surface area contributed by atoms with Crippen LogP contribution in [0.1, 0.15) is 64.2 Å². The van der Waals surface area contributed by atoms with Gasteiger partial charge in [0.15, 0.2) is 8.32 Å². The number of fused-ring (bicyclic) bond motifs is 1. The van der Waals surface area contributed by atoms with E-state index in [0.717, 1.165) is 37.0 Å². The van der Waals surface area contributed by atoms with Crippen molar-refractivity contribution in [3.8, 4) is 5.75 Å². The fraction of sp³-hybridized carbons (Fsp3) is 0.519. The predicted octanol–water partition coefficient (Wildman–Crippen LogP) is 7.27. The van der Waals surface area contributed by atoms with E-state index in [4.69, 9.17) is 9.16 Å². The normalized spacial score (nSPS) is 15.9. The Labute approximate surface area is 206 Å². The minimum absolute atomic E-state index is 0.171. The summed E-state index contributed by atoms with van der Waals surface area (Å²) in [4.78, 5) is 13.0. The number of rotatable bonds is 7. The molecule has 0 fully saturated rings. The molecule has 0 amide bonds. The van der Waals surface area contributed by atoms with Crippen molar-refractivity contribution in [1.29, 1.82) is 0 Å². The summed E-state index contributed by atoms with van der Waals surface area (Å²) in [6, 6.07) is 6.77. The van der Waals surface area contributed by atoms with Crippen molar-refractivity contribution >= 4 is 14.0 Å². The first-order chi connectivity index (χ1) is 16.0. The third kappa shape index (κ3) is 6.47. The molecule has 1 aliphatic rings. The van der Waals surface area contributed by atoms with Crippen molar-refractivity contribution in [3.63, 3.8) is 0 Å². The Morgan fingerprint density at radius 1 is 1.06 bits per heavy atom. The van der Waals surface area contributed by atoms with Gasteiger partial charge in [-0.3, -0.25) is 9.36 Å². The van der Waals surface area contributed by atoms with E-state index in [1.165, 1.54) is 10.6 Å². The molecule has 3 rings (SSSR count). The Kier molecular flexibility index (Phi) is 7.49. The Morgan fingerprint density at radius 2 is 1.74 bits per heavy atom. The number of unbranched alkanes of at least 4 members (excludes halogenated alkanes) is 1. The van der Waals surface area contributed by atoms with Crippen LogP contribution in [0, 0.1) is 0 Å². The molecule has 0 saturated heterocycles. The molecule has 0 atom stereocenters. The second-order valence-corrected chi connectivity index (χ2v) is 16.1. The van der Waals surface area contributed by atoms with Gasteiger partial charge in [0.25, 0.3) is 5.56 Å². The highest BCUT2D eigenvalue weighted by molar-refractivity contribution is 6.74. The van der Waals surface area contributed by atoms with Gasteiger partial charge >= 0.3 is 6.18 Å². The van der Waals surface area contributed by atoms with Gasteiger partial charge in [-0.25, -0.2) is 0 Å². The number of alkyl halides is 3. The van der Waals surface area contributed by atoms with Gasteiger partial charge in [0.1, 0.15) is 11.4 Å². The fourth-order valence-corrected chi connectivity index (χ4v) is 4.85. The Hall–Kier alpha value is -2.32. The van der Waals surface area contributed by atoms with Crippen molar-refractivity contribution in [2.75, 3.05) is 6.61 Å². The molecule has 0 spiro atoms. The second kappa shape index (κ2) is 9.62. The zero-order valence-electron chi connectivity index (χ0n) is 21.7. The molecule has 1 aromatic carbocycles. The molecule has 0 bridgehead atoms. The van der Waals surface area contributed by atoms with Gasteiger partial charge in [-0.05, 0) is 87.1 Å². The molecule has 0 radical (unpaired) electrons. The first-order valence-electron chi connectivity index (χ1n) is 12.0. The molecule has 4 nitrogen and oxygen atoms in total. The lowest BCUT2D eigenvalue weighted by Crippen LogP contribution is -2.40. The number of hydrogen-bond donors (Lipinski definition) is 0. The molecule has 0 N–H and O–H groups in total. The number of aryl methyl sites for hydroxylation is 1. The Bertz CT molecular complexity index is 1160. The lowest BCUT2D eigenvalue weighted by molar-refractivity contribution is -0.137. The van der Waals surface area contributed by atoms with Crippen molar-refractivity contribution in [2.24, 2.45) is 0 Å².